The zero-order valence-corrected chi connectivity index (χ0v) is 7.18. The summed E-state index contributed by atoms with van der Waals surface area (Å²) in [4.78, 5) is 0. The highest BCUT2D eigenvalue weighted by Crippen LogP contribution is 2.36. The first-order valence-electron chi connectivity index (χ1n) is 4.96. The highest BCUT2D eigenvalue weighted by molar-refractivity contribution is 5.13. The Kier molecular flexibility index (Phi) is 2.30. The fourth-order valence-electron chi connectivity index (χ4n) is 1.78. The molecule has 61 valence electrons. The van der Waals surface area contributed by atoms with E-state index in [1.165, 1.54) is 44.9 Å². The molecule has 0 saturated heterocycles. The Morgan fingerprint density at radius 2 is 2.27 bits per heavy atom. The molecule has 11 heavy (non-hydrogen) atoms. The van der Waals surface area contributed by atoms with Crippen LogP contribution < -0.4 is 0 Å². The summed E-state index contributed by atoms with van der Waals surface area (Å²) in [5.74, 6) is 2.82. The highest BCUT2D eigenvalue weighted by atomic mass is 14.3. The van der Waals surface area contributed by atoms with Crippen LogP contribution in [-0.2, 0) is 0 Å². The summed E-state index contributed by atoms with van der Waals surface area (Å²) in [5, 5.41) is 0. The molecule has 0 heteroatoms. The van der Waals surface area contributed by atoms with Crippen LogP contribution in [0.5, 0.6) is 0 Å². The van der Waals surface area contributed by atoms with Crippen molar-refractivity contribution in [2.24, 2.45) is 5.92 Å². The van der Waals surface area contributed by atoms with Crippen molar-refractivity contribution in [2.45, 2.75) is 44.9 Å². The van der Waals surface area contributed by atoms with E-state index in [1.54, 1.807) is 5.92 Å². The lowest BCUT2D eigenvalue weighted by atomic mass is 9.91. The fourth-order valence-corrected chi connectivity index (χ4v) is 1.78. The minimum atomic E-state index is 1.11. The summed E-state index contributed by atoms with van der Waals surface area (Å²) in [6, 6.07) is 0. The first-order valence-corrected chi connectivity index (χ1v) is 4.96. The minimum absolute atomic E-state index is 1.11. The van der Waals surface area contributed by atoms with Crippen molar-refractivity contribution in [1.29, 1.82) is 0 Å². The van der Waals surface area contributed by atoms with E-state index in [1.807, 2.05) is 0 Å². The Morgan fingerprint density at radius 3 is 2.91 bits per heavy atom. The van der Waals surface area contributed by atoms with E-state index < -0.39 is 0 Å². The van der Waals surface area contributed by atoms with Gasteiger partial charge in [0.1, 0.15) is 0 Å². The Hall–Kier alpha value is -0.260. The lowest BCUT2D eigenvalue weighted by Gasteiger charge is -2.14. The van der Waals surface area contributed by atoms with Gasteiger partial charge >= 0.3 is 0 Å². The van der Waals surface area contributed by atoms with Crippen LogP contribution in [0.3, 0.4) is 0 Å². The van der Waals surface area contributed by atoms with E-state index in [0.717, 1.165) is 5.92 Å². The van der Waals surface area contributed by atoms with Crippen LogP contribution in [0.25, 0.3) is 0 Å². The van der Waals surface area contributed by atoms with Gasteiger partial charge in [-0.25, -0.2) is 0 Å². The van der Waals surface area contributed by atoms with Crippen LogP contribution in [0, 0.1) is 11.8 Å². The third-order valence-electron chi connectivity index (χ3n) is 2.79. The van der Waals surface area contributed by atoms with Crippen LogP contribution in [-0.4, -0.2) is 0 Å². The second-order valence-corrected chi connectivity index (χ2v) is 3.93. The molecular formula is C11H17. The maximum atomic E-state index is 2.37. The van der Waals surface area contributed by atoms with Crippen LogP contribution in [0.4, 0.5) is 0 Å². The molecular weight excluding hydrogens is 132 g/mol. The molecule has 0 N–H and O–H groups in total. The standard InChI is InChI=1S/C11H17/c1-2-4-10(5-3-1)6-7-11-8-9-11/h2,4,11H,1,3,5-9H2. The quantitative estimate of drug-likeness (QED) is 0.576. The molecule has 0 aromatic heterocycles. The normalized spacial score (nSPS) is 25.8. The lowest BCUT2D eigenvalue weighted by Crippen LogP contribution is -1.98. The predicted octanol–water partition coefficient (Wildman–Crippen LogP) is 3.49. The molecule has 0 aromatic rings. The first-order chi connectivity index (χ1) is 5.45. The van der Waals surface area contributed by atoms with Crippen molar-refractivity contribution < 1.29 is 0 Å². The average Bonchev–Trinajstić information content (AvgIpc) is 2.86. The second-order valence-electron chi connectivity index (χ2n) is 3.93. The molecule has 0 heterocycles. The van der Waals surface area contributed by atoms with E-state index in [4.69, 9.17) is 0 Å². The molecule has 1 radical (unpaired) electrons. The molecule has 2 aliphatic rings. The molecule has 0 aromatic carbocycles. The molecule has 0 aliphatic heterocycles. The van der Waals surface area contributed by atoms with Crippen molar-refractivity contribution in [1.82, 2.24) is 0 Å². The van der Waals surface area contributed by atoms with Crippen molar-refractivity contribution in [3.63, 3.8) is 0 Å². The predicted molar refractivity (Wildman–Crippen MR) is 48.2 cm³/mol. The summed E-state index contributed by atoms with van der Waals surface area (Å²) in [6.07, 6.45) is 14.7. The van der Waals surface area contributed by atoms with Crippen LogP contribution >= 0.6 is 0 Å². The van der Waals surface area contributed by atoms with Gasteiger partial charge in [0.25, 0.3) is 0 Å². The van der Waals surface area contributed by atoms with Crippen molar-refractivity contribution in [2.75, 3.05) is 0 Å². The van der Waals surface area contributed by atoms with E-state index in [2.05, 4.69) is 12.2 Å². The molecule has 1 fully saturated rings. The van der Waals surface area contributed by atoms with Gasteiger partial charge in [-0.1, -0.05) is 25.0 Å². The van der Waals surface area contributed by atoms with Gasteiger partial charge in [0.05, 0.1) is 0 Å². The highest BCUT2D eigenvalue weighted by Gasteiger charge is 2.22. The van der Waals surface area contributed by atoms with Gasteiger partial charge < -0.3 is 0 Å². The molecule has 0 unspecified atom stereocenters. The molecule has 0 amide bonds. The topological polar surface area (TPSA) is 0 Å². The number of allylic oxidation sites excluding steroid dienone is 2. The summed E-state index contributed by atoms with van der Waals surface area (Å²) >= 11 is 0. The summed E-state index contributed by atoms with van der Waals surface area (Å²) in [6.45, 7) is 0. The number of hydrogen-bond acceptors (Lipinski definition) is 0. The zero-order valence-electron chi connectivity index (χ0n) is 7.18. The Morgan fingerprint density at radius 1 is 1.36 bits per heavy atom. The Labute approximate surface area is 69.7 Å². The van der Waals surface area contributed by atoms with E-state index in [-0.39, 0.29) is 0 Å². The Bertz CT molecular complexity index is 142. The average molecular weight is 149 g/mol. The zero-order chi connectivity index (χ0) is 7.52. The Balaban J connectivity index is 1.67. The van der Waals surface area contributed by atoms with Crippen LogP contribution in [0.2, 0.25) is 0 Å². The molecule has 2 rings (SSSR count). The largest absolute Gasteiger partial charge is 0.0879 e. The molecule has 0 atom stereocenters. The summed E-state index contributed by atoms with van der Waals surface area (Å²) in [7, 11) is 0. The van der Waals surface area contributed by atoms with E-state index in [0.29, 0.717) is 0 Å². The van der Waals surface area contributed by atoms with Crippen molar-refractivity contribution >= 4 is 0 Å². The van der Waals surface area contributed by atoms with E-state index in [9.17, 15) is 0 Å². The van der Waals surface area contributed by atoms with E-state index >= 15 is 0 Å². The number of rotatable bonds is 3. The maximum absolute atomic E-state index is 2.37. The molecule has 1 saturated carbocycles. The lowest BCUT2D eigenvalue weighted by molar-refractivity contribution is 0.630. The van der Waals surface area contributed by atoms with Crippen molar-refractivity contribution in [3.8, 4) is 0 Å². The minimum Gasteiger partial charge on any atom is -0.0879 e. The summed E-state index contributed by atoms with van der Waals surface area (Å²) in [5.41, 5.74) is 0. The third kappa shape index (κ3) is 2.36. The summed E-state index contributed by atoms with van der Waals surface area (Å²) < 4.78 is 0. The van der Waals surface area contributed by atoms with Gasteiger partial charge in [0.15, 0.2) is 0 Å². The molecule has 0 nitrogen and oxygen atoms in total. The van der Waals surface area contributed by atoms with Gasteiger partial charge in [0, 0.05) is 0 Å². The van der Waals surface area contributed by atoms with Gasteiger partial charge in [-0.2, -0.15) is 0 Å². The van der Waals surface area contributed by atoms with Crippen LogP contribution in [0.15, 0.2) is 12.2 Å². The third-order valence-corrected chi connectivity index (χ3v) is 2.79. The number of hydrogen-bond donors (Lipinski definition) is 0. The molecule has 0 bridgehead atoms. The first kappa shape index (κ1) is 7.39. The molecule has 0 spiro atoms. The van der Waals surface area contributed by atoms with Gasteiger partial charge in [-0.3, -0.25) is 0 Å². The monoisotopic (exact) mass is 149 g/mol. The van der Waals surface area contributed by atoms with Gasteiger partial charge in [-0.05, 0) is 43.9 Å². The van der Waals surface area contributed by atoms with Crippen molar-refractivity contribution in [3.05, 3.63) is 18.1 Å². The smallest absolute Gasteiger partial charge is 0.00271 e. The van der Waals surface area contributed by atoms with Gasteiger partial charge in [0.2, 0.25) is 0 Å². The maximum Gasteiger partial charge on any atom is -0.00271 e. The van der Waals surface area contributed by atoms with Crippen LogP contribution in [0.1, 0.15) is 44.9 Å². The molecule has 2 aliphatic carbocycles. The fraction of sp³-hybridized carbons (Fsp3) is 0.727. The SMILES string of the molecule is C1=C[C](CCC2CC2)CCC1. The van der Waals surface area contributed by atoms with Gasteiger partial charge in [-0.15, -0.1) is 0 Å². The second kappa shape index (κ2) is 3.42.